The molecule has 212 valence electrons. The monoisotopic (exact) mass is 574 g/mol. The summed E-state index contributed by atoms with van der Waals surface area (Å²) in [6.07, 6.45) is -0.682. The predicted octanol–water partition coefficient (Wildman–Crippen LogP) is 3.81. The first-order chi connectivity index (χ1) is 19.5. The van der Waals surface area contributed by atoms with Crippen molar-refractivity contribution in [3.05, 3.63) is 106 Å². The third kappa shape index (κ3) is 5.04. The van der Waals surface area contributed by atoms with Crippen LogP contribution in [-0.2, 0) is 33.0 Å². The minimum Gasteiger partial charge on any atom is -0.449 e. The Kier molecular flexibility index (Phi) is 7.31. The van der Waals surface area contributed by atoms with Crippen LogP contribution in [0.1, 0.15) is 35.5 Å². The second kappa shape index (κ2) is 10.7. The number of carbonyl (C=O) groups is 2. The lowest BCUT2D eigenvalue weighted by atomic mass is 10.1. The number of benzene rings is 3. The average molecular weight is 575 g/mol. The van der Waals surface area contributed by atoms with Gasteiger partial charge >= 0.3 is 5.97 Å². The molecule has 0 aliphatic carbocycles. The number of rotatable bonds is 7. The summed E-state index contributed by atoms with van der Waals surface area (Å²) in [5, 5.41) is 2.58. The first kappa shape index (κ1) is 27.9. The molecule has 0 bridgehead atoms. The molecule has 2 heterocycles. The molecule has 1 aromatic heterocycles. The maximum absolute atomic E-state index is 13.6. The molecule has 4 aromatic rings. The average Bonchev–Trinajstić information content (AvgIpc) is 3.41. The highest BCUT2D eigenvalue weighted by Gasteiger charge is 2.36. The smallest absolute Gasteiger partial charge is 0.338 e. The van der Waals surface area contributed by atoms with Crippen LogP contribution in [-0.4, -0.2) is 41.8 Å². The van der Waals surface area contributed by atoms with E-state index in [9.17, 15) is 22.8 Å². The quantitative estimate of drug-likeness (QED) is 0.335. The zero-order chi connectivity index (χ0) is 29.5. The van der Waals surface area contributed by atoms with E-state index in [4.69, 9.17) is 4.74 Å². The molecule has 41 heavy (non-hydrogen) atoms. The van der Waals surface area contributed by atoms with Gasteiger partial charge in [0, 0.05) is 13.1 Å². The van der Waals surface area contributed by atoms with Crippen LogP contribution in [0.25, 0.3) is 5.69 Å². The Labute approximate surface area is 237 Å². The molecule has 2 unspecified atom stereocenters. The van der Waals surface area contributed by atoms with Crippen LogP contribution in [0.5, 0.6) is 0 Å². The molecule has 1 aliphatic rings. The van der Waals surface area contributed by atoms with E-state index in [1.54, 1.807) is 55.1 Å². The van der Waals surface area contributed by atoms with E-state index in [-0.39, 0.29) is 22.2 Å². The molecule has 11 heteroatoms. The van der Waals surface area contributed by atoms with Crippen molar-refractivity contribution in [2.75, 3.05) is 9.62 Å². The van der Waals surface area contributed by atoms with Gasteiger partial charge in [0.15, 0.2) is 6.10 Å². The number of hydrogen-bond donors (Lipinski definition) is 1. The normalized spacial score (nSPS) is 15.3. The third-order valence-electron chi connectivity index (χ3n) is 7.23. The number of sulfonamides is 1. The van der Waals surface area contributed by atoms with Gasteiger partial charge in [0.2, 0.25) is 0 Å². The maximum atomic E-state index is 13.6. The van der Waals surface area contributed by atoms with Crippen molar-refractivity contribution in [3.63, 3.8) is 0 Å². The van der Waals surface area contributed by atoms with Crippen LogP contribution >= 0.6 is 0 Å². The lowest BCUT2D eigenvalue weighted by molar-refractivity contribution is -0.123. The second-order valence-corrected chi connectivity index (χ2v) is 11.8. The molecule has 10 nitrogen and oxygen atoms in total. The number of nitrogens with zero attached hydrogens (tertiary/aromatic N) is 3. The van der Waals surface area contributed by atoms with Gasteiger partial charge in [-0.25, -0.2) is 17.9 Å². The van der Waals surface area contributed by atoms with Crippen molar-refractivity contribution in [2.24, 2.45) is 7.05 Å². The zero-order valence-electron chi connectivity index (χ0n) is 23.1. The standard InChI is InChI=1S/C30H30N4O6S/c1-19-17-22-11-8-9-16-26(22)34(19)41(38,39)25-15-10-12-23(18-25)30(37)40-21(3)28(35)31-27-20(2)32(4)33(29(27)36)24-13-6-5-7-14-24/h5-16,18-19,21H,17H2,1-4H3,(H,31,35). The van der Waals surface area contributed by atoms with Crippen LogP contribution < -0.4 is 15.2 Å². The van der Waals surface area contributed by atoms with E-state index in [2.05, 4.69) is 5.32 Å². The van der Waals surface area contributed by atoms with Crippen molar-refractivity contribution in [2.45, 2.75) is 44.2 Å². The fourth-order valence-electron chi connectivity index (χ4n) is 5.02. The van der Waals surface area contributed by atoms with Crippen molar-refractivity contribution in [1.82, 2.24) is 9.36 Å². The summed E-state index contributed by atoms with van der Waals surface area (Å²) in [4.78, 5) is 39.0. The van der Waals surface area contributed by atoms with Gasteiger partial charge in [-0.2, -0.15) is 0 Å². The first-order valence-electron chi connectivity index (χ1n) is 13.1. The van der Waals surface area contributed by atoms with E-state index in [1.165, 1.54) is 40.2 Å². The van der Waals surface area contributed by atoms with Gasteiger partial charge < -0.3 is 10.1 Å². The highest BCUT2D eigenvalue weighted by Crippen LogP contribution is 2.36. The summed E-state index contributed by atoms with van der Waals surface area (Å²) < 4.78 is 37.0. The minimum absolute atomic E-state index is 0.0202. The molecule has 1 aliphatic heterocycles. The Morgan fingerprint density at radius 3 is 2.41 bits per heavy atom. The Balaban J connectivity index is 1.33. The lowest BCUT2D eigenvalue weighted by Gasteiger charge is -2.24. The largest absolute Gasteiger partial charge is 0.449 e. The molecule has 1 N–H and O–H groups in total. The molecule has 0 fully saturated rings. The zero-order valence-corrected chi connectivity index (χ0v) is 23.9. The predicted molar refractivity (Wildman–Crippen MR) is 155 cm³/mol. The molecule has 2 atom stereocenters. The fraction of sp³-hybridized carbons (Fsp3) is 0.233. The van der Waals surface area contributed by atoms with Crippen LogP contribution in [0.4, 0.5) is 11.4 Å². The number of amides is 1. The molecule has 0 radical (unpaired) electrons. The summed E-state index contributed by atoms with van der Waals surface area (Å²) >= 11 is 0. The van der Waals surface area contributed by atoms with Crippen LogP contribution in [0.15, 0.2) is 88.6 Å². The number of esters is 1. The summed E-state index contributed by atoms with van der Waals surface area (Å²) in [6, 6.07) is 21.6. The van der Waals surface area contributed by atoms with Crippen LogP contribution in [0, 0.1) is 6.92 Å². The van der Waals surface area contributed by atoms with Gasteiger partial charge in [-0.05, 0) is 69.2 Å². The van der Waals surface area contributed by atoms with Crippen LogP contribution in [0.3, 0.4) is 0 Å². The number of ether oxygens (including phenoxy) is 1. The van der Waals surface area contributed by atoms with Gasteiger partial charge in [0.1, 0.15) is 5.69 Å². The molecule has 5 rings (SSSR count). The second-order valence-electron chi connectivity index (χ2n) is 9.98. The van der Waals surface area contributed by atoms with E-state index in [0.717, 1.165) is 5.56 Å². The molecule has 0 spiro atoms. The Hall–Kier alpha value is -4.64. The van der Waals surface area contributed by atoms with Gasteiger partial charge in [0.25, 0.3) is 21.5 Å². The van der Waals surface area contributed by atoms with E-state index in [0.29, 0.717) is 23.5 Å². The first-order valence-corrected chi connectivity index (χ1v) is 14.5. The summed E-state index contributed by atoms with van der Waals surface area (Å²) in [5.74, 6) is -1.57. The van der Waals surface area contributed by atoms with Gasteiger partial charge in [-0.1, -0.05) is 42.5 Å². The highest BCUT2D eigenvalue weighted by atomic mass is 32.2. The summed E-state index contributed by atoms with van der Waals surface area (Å²) in [5.41, 5.74) is 2.30. The molecule has 0 saturated heterocycles. The summed E-state index contributed by atoms with van der Waals surface area (Å²) in [6.45, 7) is 4.91. The number of fused-ring (bicyclic) bond motifs is 1. The van der Waals surface area contributed by atoms with Crippen LogP contribution in [0.2, 0.25) is 0 Å². The van der Waals surface area contributed by atoms with Crippen molar-refractivity contribution in [3.8, 4) is 5.69 Å². The number of hydrogen-bond acceptors (Lipinski definition) is 6. The van der Waals surface area contributed by atoms with Gasteiger partial charge in [-0.15, -0.1) is 0 Å². The minimum atomic E-state index is -3.97. The number of para-hydroxylation sites is 2. The molecular formula is C30H30N4O6S. The number of anilines is 2. The number of carbonyl (C=O) groups excluding carboxylic acids is 2. The Bertz CT molecular complexity index is 1810. The highest BCUT2D eigenvalue weighted by molar-refractivity contribution is 7.92. The molecule has 1 amide bonds. The van der Waals surface area contributed by atoms with Gasteiger partial charge in [0.05, 0.1) is 27.5 Å². The van der Waals surface area contributed by atoms with E-state index >= 15 is 0 Å². The van der Waals surface area contributed by atoms with Crippen molar-refractivity contribution in [1.29, 1.82) is 0 Å². The Morgan fingerprint density at radius 1 is 1.00 bits per heavy atom. The summed E-state index contributed by atoms with van der Waals surface area (Å²) in [7, 11) is -2.27. The maximum Gasteiger partial charge on any atom is 0.338 e. The van der Waals surface area contributed by atoms with E-state index in [1.807, 2.05) is 25.1 Å². The third-order valence-corrected chi connectivity index (χ3v) is 9.15. The van der Waals surface area contributed by atoms with E-state index < -0.39 is 33.6 Å². The molecular weight excluding hydrogens is 544 g/mol. The lowest BCUT2D eigenvalue weighted by Crippen LogP contribution is -2.36. The topological polar surface area (TPSA) is 120 Å². The Morgan fingerprint density at radius 2 is 1.68 bits per heavy atom. The number of nitrogens with one attached hydrogen (secondary N) is 1. The van der Waals surface area contributed by atoms with Crippen molar-refractivity contribution >= 4 is 33.3 Å². The van der Waals surface area contributed by atoms with Gasteiger partial charge in [-0.3, -0.25) is 18.6 Å². The SMILES string of the molecule is Cc1c(NC(=O)C(C)OC(=O)c2cccc(S(=O)(=O)N3c4ccccc4CC3C)c2)c(=O)n(-c2ccccc2)n1C. The molecule has 3 aromatic carbocycles. The van der Waals surface area contributed by atoms with Crippen molar-refractivity contribution < 1.29 is 22.7 Å². The molecule has 0 saturated carbocycles. The fourth-order valence-corrected chi connectivity index (χ4v) is 6.76. The number of aromatic nitrogens is 2.